The Morgan fingerprint density at radius 1 is 0.857 bits per heavy atom. The Balaban J connectivity index is 1.14. The summed E-state index contributed by atoms with van der Waals surface area (Å²) in [6.45, 7) is 5.16. The molecule has 184 valence electrons. The van der Waals surface area contributed by atoms with Crippen LogP contribution in [0.5, 0.6) is 5.75 Å². The fourth-order valence-electron chi connectivity index (χ4n) is 5.72. The predicted molar refractivity (Wildman–Crippen MR) is 141 cm³/mol. The van der Waals surface area contributed by atoms with Gasteiger partial charge in [-0.05, 0) is 105 Å². The van der Waals surface area contributed by atoms with E-state index in [9.17, 15) is 4.79 Å². The summed E-state index contributed by atoms with van der Waals surface area (Å²) in [6.07, 6.45) is 6.71. The molecule has 0 amide bonds. The van der Waals surface area contributed by atoms with Crippen molar-refractivity contribution in [3.63, 3.8) is 0 Å². The first-order valence-electron chi connectivity index (χ1n) is 13.3. The monoisotopic (exact) mass is 471 g/mol. The topological polar surface area (TPSA) is 38.8 Å². The van der Waals surface area contributed by atoms with E-state index in [2.05, 4.69) is 71.6 Å². The van der Waals surface area contributed by atoms with Gasteiger partial charge in [0.1, 0.15) is 5.75 Å². The number of benzene rings is 3. The van der Waals surface area contributed by atoms with E-state index in [4.69, 9.17) is 9.47 Å². The Bertz CT molecular complexity index is 1110. The van der Waals surface area contributed by atoms with E-state index in [0.29, 0.717) is 18.6 Å². The standard InChI is InChI=1S/C31H37NO3/c1-2-34-31(33)26-16-18-32(19-17-26)22-23-8-9-28-21-30(15-12-27(28)20-23)35-29-13-10-25(11-14-29)24-6-4-3-5-7-24/h3-9,12,15,20-21,25-26,29H,2,10-11,13-14,16-19,22H2,1H3/t25-,29+. The van der Waals surface area contributed by atoms with Crippen LogP contribution >= 0.6 is 0 Å². The lowest BCUT2D eigenvalue weighted by atomic mass is 9.83. The number of nitrogens with zero attached hydrogens (tertiary/aromatic N) is 1. The lowest BCUT2D eigenvalue weighted by Gasteiger charge is -2.30. The number of fused-ring (bicyclic) bond motifs is 1. The van der Waals surface area contributed by atoms with Gasteiger partial charge in [-0.1, -0.05) is 48.5 Å². The fourth-order valence-corrected chi connectivity index (χ4v) is 5.72. The van der Waals surface area contributed by atoms with Crippen molar-refractivity contribution >= 4 is 16.7 Å². The second-order valence-electron chi connectivity index (χ2n) is 10.1. The Morgan fingerprint density at radius 2 is 1.57 bits per heavy atom. The Morgan fingerprint density at radius 3 is 2.31 bits per heavy atom. The van der Waals surface area contributed by atoms with Crippen LogP contribution in [0, 0.1) is 5.92 Å². The third-order valence-corrected chi connectivity index (χ3v) is 7.74. The van der Waals surface area contributed by atoms with Crippen molar-refractivity contribution < 1.29 is 14.3 Å². The highest BCUT2D eigenvalue weighted by atomic mass is 16.5. The van der Waals surface area contributed by atoms with E-state index < -0.39 is 0 Å². The van der Waals surface area contributed by atoms with Gasteiger partial charge >= 0.3 is 5.97 Å². The van der Waals surface area contributed by atoms with Crippen molar-refractivity contribution in [2.75, 3.05) is 19.7 Å². The average Bonchev–Trinajstić information content (AvgIpc) is 2.90. The molecule has 1 aliphatic carbocycles. The van der Waals surface area contributed by atoms with Gasteiger partial charge in [0.25, 0.3) is 0 Å². The largest absolute Gasteiger partial charge is 0.490 e. The molecule has 0 aromatic heterocycles. The Hall–Kier alpha value is -2.85. The van der Waals surface area contributed by atoms with Crippen LogP contribution in [-0.2, 0) is 16.1 Å². The van der Waals surface area contributed by atoms with E-state index in [1.165, 1.54) is 34.7 Å². The third-order valence-electron chi connectivity index (χ3n) is 7.74. The molecule has 0 atom stereocenters. The number of esters is 1. The number of rotatable bonds is 7. The minimum absolute atomic E-state index is 0.0277. The van der Waals surface area contributed by atoms with Crippen LogP contribution in [0.15, 0.2) is 66.7 Å². The molecule has 1 heterocycles. The van der Waals surface area contributed by atoms with E-state index in [0.717, 1.165) is 51.1 Å². The molecule has 0 unspecified atom stereocenters. The van der Waals surface area contributed by atoms with Gasteiger partial charge in [0, 0.05) is 6.54 Å². The summed E-state index contributed by atoms with van der Waals surface area (Å²) in [5, 5.41) is 2.48. The second kappa shape index (κ2) is 11.3. The molecule has 1 aliphatic heterocycles. The minimum atomic E-state index is -0.0277. The number of likely N-dealkylation sites (tertiary alicyclic amines) is 1. The van der Waals surface area contributed by atoms with Gasteiger partial charge in [-0.2, -0.15) is 0 Å². The van der Waals surface area contributed by atoms with Gasteiger partial charge in [-0.15, -0.1) is 0 Å². The maximum Gasteiger partial charge on any atom is 0.309 e. The summed E-state index contributed by atoms with van der Waals surface area (Å²) in [5.41, 5.74) is 2.79. The lowest BCUT2D eigenvalue weighted by Crippen LogP contribution is -2.36. The van der Waals surface area contributed by atoms with Crippen molar-refractivity contribution in [3.05, 3.63) is 77.9 Å². The van der Waals surface area contributed by atoms with Crippen molar-refractivity contribution in [2.24, 2.45) is 5.92 Å². The molecule has 0 N–H and O–H groups in total. The second-order valence-corrected chi connectivity index (χ2v) is 10.1. The van der Waals surface area contributed by atoms with Gasteiger partial charge < -0.3 is 9.47 Å². The first-order valence-corrected chi connectivity index (χ1v) is 13.3. The summed E-state index contributed by atoms with van der Waals surface area (Å²) in [7, 11) is 0. The van der Waals surface area contributed by atoms with E-state index >= 15 is 0 Å². The van der Waals surface area contributed by atoms with Crippen LogP contribution < -0.4 is 4.74 Å². The summed E-state index contributed by atoms with van der Waals surface area (Å²) in [6, 6.07) is 24.1. The molecule has 4 heteroatoms. The molecular weight excluding hydrogens is 434 g/mol. The van der Waals surface area contributed by atoms with Crippen molar-refractivity contribution in [3.8, 4) is 5.75 Å². The average molecular weight is 472 g/mol. The molecule has 2 fully saturated rings. The third kappa shape index (κ3) is 6.05. The number of carbonyl (C=O) groups is 1. The number of hydrogen-bond donors (Lipinski definition) is 0. The lowest BCUT2D eigenvalue weighted by molar-refractivity contribution is -0.149. The highest BCUT2D eigenvalue weighted by Gasteiger charge is 2.26. The molecule has 3 aromatic carbocycles. The van der Waals surface area contributed by atoms with Crippen molar-refractivity contribution in [2.45, 2.75) is 64.0 Å². The molecule has 0 bridgehead atoms. The van der Waals surface area contributed by atoms with Gasteiger partial charge in [0.2, 0.25) is 0 Å². The van der Waals surface area contributed by atoms with E-state index in [1.54, 1.807) is 0 Å². The maximum absolute atomic E-state index is 12.0. The normalized spacial score (nSPS) is 21.6. The predicted octanol–water partition coefficient (Wildman–Crippen LogP) is 6.72. The maximum atomic E-state index is 12.0. The summed E-state index contributed by atoms with van der Waals surface area (Å²) in [5.74, 6) is 1.69. The van der Waals surface area contributed by atoms with Gasteiger partial charge in [-0.25, -0.2) is 0 Å². The number of piperidine rings is 1. The van der Waals surface area contributed by atoms with Crippen LogP contribution in [0.3, 0.4) is 0 Å². The first kappa shape index (κ1) is 23.9. The zero-order valence-electron chi connectivity index (χ0n) is 20.8. The Kier molecular flexibility index (Phi) is 7.68. The summed E-state index contributed by atoms with van der Waals surface area (Å²) in [4.78, 5) is 14.4. The molecule has 35 heavy (non-hydrogen) atoms. The smallest absolute Gasteiger partial charge is 0.309 e. The summed E-state index contributed by atoms with van der Waals surface area (Å²) >= 11 is 0. The molecule has 1 saturated heterocycles. The van der Waals surface area contributed by atoms with Crippen LogP contribution in [0.25, 0.3) is 10.8 Å². The van der Waals surface area contributed by atoms with E-state index in [-0.39, 0.29) is 11.9 Å². The first-order chi connectivity index (χ1) is 17.2. The van der Waals surface area contributed by atoms with Gasteiger partial charge in [0.15, 0.2) is 0 Å². The fraction of sp³-hybridized carbons (Fsp3) is 0.452. The van der Waals surface area contributed by atoms with Crippen LogP contribution in [0.4, 0.5) is 0 Å². The summed E-state index contributed by atoms with van der Waals surface area (Å²) < 4.78 is 11.6. The van der Waals surface area contributed by atoms with Gasteiger partial charge in [0.05, 0.1) is 18.6 Å². The zero-order chi connectivity index (χ0) is 24.0. The van der Waals surface area contributed by atoms with Crippen LogP contribution in [0.2, 0.25) is 0 Å². The minimum Gasteiger partial charge on any atom is -0.490 e. The van der Waals surface area contributed by atoms with Crippen LogP contribution in [0.1, 0.15) is 62.5 Å². The molecule has 2 aliphatic rings. The molecule has 4 nitrogen and oxygen atoms in total. The molecule has 5 rings (SSSR count). The van der Waals surface area contributed by atoms with Crippen LogP contribution in [-0.4, -0.2) is 36.7 Å². The highest BCUT2D eigenvalue weighted by molar-refractivity contribution is 5.84. The molecule has 1 saturated carbocycles. The quantitative estimate of drug-likeness (QED) is 0.359. The van der Waals surface area contributed by atoms with Crippen molar-refractivity contribution in [1.82, 2.24) is 4.90 Å². The molecule has 0 radical (unpaired) electrons. The van der Waals surface area contributed by atoms with E-state index in [1.807, 2.05) is 6.92 Å². The molecule has 3 aromatic rings. The highest BCUT2D eigenvalue weighted by Crippen LogP contribution is 2.35. The number of hydrogen-bond acceptors (Lipinski definition) is 4. The van der Waals surface area contributed by atoms with Crippen molar-refractivity contribution in [1.29, 1.82) is 0 Å². The number of ether oxygens (including phenoxy) is 2. The van der Waals surface area contributed by atoms with Gasteiger partial charge in [-0.3, -0.25) is 9.69 Å². The molecular formula is C31H37NO3. The Labute approximate surface area is 209 Å². The SMILES string of the molecule is CCOC(=O)C1CCN(Cc2ccc3cc(O[C@H]4CC[C@@H](c5ccccc5)CC4)ccc3c2)CC1. The zero-order valence-corrected chi connectivity index (χ0v) is 20.8. The molecule has 0 spiro atoms. The number of carbonyl (C=O) groups excluding carboxylic acids is 1.